The normalized spacial score (nSPS) is 11.7. The minimum Gasteiger partial charge on any atom is -0.445 e. The van der Waals surface area contributed by atoms with Crippen LogP contribution in [0.15, 0.2) is 57.7 Å². The van der Waals surface area contributed by atoms with Crippen molar-refractivity contribution in [1.82, 2.24) is 5.32 Å². The van der Waals surface area contributed by atoms with Crippen LogP contribution in [-0.2, 0) is 22.6 Å². The fourth-order valence-electron chi connectivity index (χ4n) is 3.18. The fourth-order valence-corrected chi connectivity index (χ4v) is 3.18. The molecule has 7 nitrogen and oxygen atoms in total. The number of benzene rings is 2. The Bertz CT molecular complexity index is 1140. The molecule has 1 atom stereocenters. The summed E-state index contributed by atoms with van der Waals surface area (Å²) in [4.78, 5) is 36.5. The standard InChI is InChI=1S/C24H25NO6/c1-4-8-20-15(2)19-12-11-18(13-21(19)31-23(20)27)30-22(26)16(3)25-24(28)29-14-17-9-6-5-7-10-17/h5-7,9-13,16H,4,8,14H2,1-3H3,(H,25,28)/t16-/m0/s1. The van der Waals surface area contributed by atoms with Crippen LogP contribution in [0.4, 0.5) is 4.79 Å². The van der Waals surface area contributed by atoms with Crippen LogP contribution < -0.4 is 15.7 Å². The molecule has 0 aliphatic rings. The summed E-state index contributed by atoms with van der Waals surface area (Å²) in [5.41, 5.74) is 2.32. The molecule has 1 heterocycles. The Hall–Kier alpha value is -3.61. The van der Waals surface area contributed by atoms with Gasteiger partial charge in [0.15, 0.2) is 0 Å². The van der Waals surface area contributed by atoms with Gasteiger partial charge < -0.3 is 19.2 Å². The molecule has 0 aliphatic carbocycles. The first-order valence-corrected chi connectivity index (χ1v) is 10.1. The van der Waals surface area contributed by atoms with Crippen LogP contribution in [0.3, 0.4) is 0 Å². The van der Waals surface area contributed by atoms with E-state index in [4.69, 9.17) is 13.9 Å². The monoisotopic (exact) mass is 423 g/mol. The predicted molar refractivity (Wildman–Crippen MR) is 116 cm³/mol. The van der Waals surface area contributed by atoms with E-state index in [2.05, 4.69) is 5.32 Å². The predicted octanol–water partition coefficient (Wildman–Crippen LogP) is 4.27. The van der Waals surface area contributed by atoms with Crippen molar-refractivity contribution in [2.45, 2.75) is 46.3 Å². The van der Waals surface area contributed by atoms with Crippen molar-refractivity contribution in [3.05, 3.63) is 75.6 Å². The molecule has 2 aromatic carbocycles. The highest BCUT2D eigenvalue weighted by molar-refractivity contribution is 5.85. The maximum absolute atomic E-state index is 12.3. The van der Waals surface area contributed by atoms with E-state index in [-0.39, 0.29) is 18.0 Å². The van der Waals surface area contributed by atoms with Gasteiger partial charge in [0.25, 0.3) is 0 Å². The van der Waals surface area contributed by atoms with Gasteiger partial charge in [0.2, 0.25) is 0 Å². The van der Waals surface area contributed by atoms with Crippen LogP contribution in [0.1, 0.15) is 37.0 Å². The Morgan fingerprint density at radius 2 is 1.87 bits per heavy atom. The third-order valence-corrected chi connectivity index (χ3v) is 4.88. The van der Waals surface area contributed by atoms with Crippen molar-refractivity contribution in [2.75, 3.05) is 0 Å². The molecule has 0 bridgehead atoms. The molecule has 1 amide bonds. The van der Waals surface area contributed by atoms with Gasteiger partial charge in [-0.2, -0.15) is 0 Å². The molecule has 3 rings (SSSR count). The van der Waals surface area contributed by atoms with Crippen LogP contribution in [0, 0.1) is 6.92 Å². The molecule has 0 fully saturated rings. The van der Waals surface area contributed by atoms with Crippen molar-refractivity contribution < 1.29 is 23.5 Å². The molecule has 0 radical (unpaired) electrons. The number of amides is 1. The van der Waals surface area contributed by atoms with Gasteiger partial charge in [0.1, 0.15) is 24.0 Å². The lowest BCUT2D eigenvalue weighted by Crippen LogP contribution is -2.41. The molecule has 7 heteroatoms. The fraction of sp³-hybridized carbons (Fsp3) is 0.292. The molecule has 0 saturated heterocycles. The average Bonchev–Trinajstić information content (AvgIpc) is 2.75. The molecular formula is C24H25NO6. The number of alkyl carbamates (subject to hydrolysis) is 1. The first kappa shape index (κ1) is 22.1. The van der Waals surface area contributed by atoms with Gasteiger partial charge in [-0.05, 0) is 43.5 Å². The number of carbonyl (C=O) groups excluding carboxylic acids is 2. The van der Waals surface area contributed by atoms with Gasteiger partial charge in [-0.1, -0.05) is 43.7 Å². The van der Waals surface area contributed by atoms with E-state index in [1.54, 1.807) is 12.1 Å². The molecule has 1 aromatic heterocycles. The first-order chi connectivity index (χ1) is 14.9. The lowest BCUT2D eigenvalue weighted by molar-refractivity contribution is -0.136. The first-order valence-electron chi connectivity index (χ1n) is 10.1. The van der Waals surface area contributed by atoms with Crippen molar-refractivity contribution in [3.63, 3.8) is 0 Å². The number of rotatable bonds is 7. The third kappa shape index (κ3) is 5.51. The molecule has 0 spiro atoms. The summed E-state index contributed by atoms with van der Waals surface area (Å²) in [6.45, 7) is 5.47. The highest BCUT2D eigenvalue weighted by Gasteiger charge is 2.19. The summed E-state index contributed by atoms with van der Waals surface area (Å²) in [5.74, 6) is -0.452. The summed E-state index contributed by atoms with van der Waals surface area (Å²) >= 11 is 0. The zero-order chi connectivity index (χ0) is 22.4. The number of hydrogen-bond acceptors (Lipinski definition) is 6. The van der Waals surface area contributed by atoms with Gasteiger partial charge in [0.05, 0.1) is 0 Å². The largest absolute Gasteiger partial charge is 0.445 e. The number of ether oxygens (including phenoxy) is 2. The Kier molecular flexibility index (Phi) is 7.07. The van der Waals surface area contributed by atoms with E-state index >= 15 is 0 Å². The average molecular weight is 423 g/mol. The number of fused-ring (bicyclic) bond motifs is 1. The summed E-state index contributed by atoms with van der Waals surface area (Å²) < 4.78 is 15.9. The number of nitrogens with one attached hydrogen (secondary N) is 1. The van der Waals surface area contributed by atoms with E-state index in [1.165, 1.54) is 13.0 Å². The zero-order valence-corrected chi connectivity index (χ0v) is 17.8. The second-order valence-electron chi connectivity index (χ2n) is 7.25. The molecule has 162 valence electrons. The molecule has 0 aliphatic heterocycles. The zero-order valence-electron chi connectivity index (χ0n) is 17.8. The Labute approximate surface area is 180 Å². The van der Waals surface area contributed by atoms with Gasteiger partial charge in [-0.3, -0.25) is 0 Å². The van der Waals surface area contributed by atoms with Crippen molar-refractivity contribution >= 4 is 23.0 Å². The van der Waals surface area contributed by atoms with Crippen LogP contribution in [0.25, 0.3) is 11.0 Å². The number of carbonyl (C=O) groups is 2. The molecule has 1 N–H and O–H groups in total. The third-order valence-electron chi connectivity index (χ3n) is 4.88. The van der Waals surface area contributed by atoms with Crippen molar-refractivity contribution in [3.8, 4) is 5.75 Å². The quantitative estimate of drug-likeness (QED) is 0.346. The number of aryl methyl sites for hydroxylation is 1. The van der Waals surface area contributed by atoms with Crippen LogP contribution >= 0.6 is 0 Å². The summed E-state index contributed by atoms with van der Waals surface area (Å²) in [5, 5.41) is 3.23. The Morgan fingerprint density at radius 3 is 2.58 bits per heavy atom. The van der Waals surface area contributed by atoms with Gasteiger partial charge in [-0.25, -0.2) is 14.4 Å². The minimum atomic E-state index is -0.931. The number of hydrogen-bond donors (Lipinski definition) is 1. The lowest BCUT2D eigenvalue weighted by Gasteiger charge is -2.14. The summed E-state index contributed by atoms with van der Waals surface area (Å²) in [7, 11) is 0. The molecular weight excluding hydrogens is 398 g/mol. The van der Waals surface area contributed by atoms with Gasteiger partial charge >= 0.3 is 17.7 Å². The maximum Gasteiger partial charge on any atom is 0.408 e. The van der Waals surface area contributed by atoms with Crippen molar-refractivity contribution in [1.29, 1.82) is 0 Å². The summed E-state index contributed by atoms with van der Waals surface area (Å²) in [6.07, 6.45) is 0.757. The smallest absolute Gasteiger partial charge is 0.408 e. The molecule has 0 saturated carbocycles. The Balaban J connectivity index is 1.63. The second kappa shape index (κ2) is 9.93. The molecule has 31 heavy (non-hydrogen) atoms. The Morgan fingerprint density at radius 1 is 1.13 bits per heavy atom. The SMILES string of the molecule is CCCc1c(C)c2ccc(OC(=O)[C@H](C)NC(=O)OCc3ccccc3)cc2oc1=O. The molecule has 0 unspecified atom stereocenters. The van der Waals surface area contributed by atoms with Crippen LogP contribution in [0.5, 0.6) is 5.75 Å². The second-order valence-corrected chi connectivity index (χ2v) is 7.25. The van der Waals surface area contributed by atoms with E-state index in [0.29, 0.717) is 17.6 Å². The number of esters is 1. The molecule has 3 aromatic rings. The van der Waals surface area contributed by atoms with Crippen LogP contribution in [0.2, 0.25) is 0 Å². The van der Waals surface area contributed by atoms with Gasteiger partial charge in [-0.15, -0.1) is 0 Å². The highest BCUT2D eigenvalue weighted by atomic mass is 16.6. The van der Waals surface area contributed by atoms with Crippen molar-refractivity contribution in [2.24, 2.45) is 0 Å². The van der Waals surface area contributed by atoms with Gasteiger partial charge in [0, 0.05) is 17.0 Å². The highest BCUT2D eigenvalue weighted by Crippen LogP contribution is 2.25. The van der Waals surface area contributed by atoms with E-state index in [1.807, 2.05) is 44.2 Å². The van der Waals surface area contributed by atoms with E-state index in [9.17, 15) is 14.4 Å². The topological polar surface area (TPSA) is 94.8 Å². The maximum atomic E-state index is 12.3. The summed E-state index contributed by atoms with van der Waals surface area (Å²) in [6, 6.07) is 13.2. The van der Waals surface area contributed by atoms with E-state index < -0.39 is 18.1 Å². The lowest BCUT2D eigenvalue weighted by atomic mass is 10.0. The minimum absolute atomic E-state index is 0.0948. The van der Waals surface area contributed by atoms with E-state index in [0.717, 1.165) is 22.9 Å². The van der Waals surface area contributed by atoms with Crippen LogP contribution in [-0.4, -0.2) is 18.1 Å².